The Morgan fingerprint density at radius 3 is 2.38 bits per heavy atom. The molecule has 0 fully saturated rings. The fourth-order valence-electron chi connectivity index (χ4n) is 5.24. The van der Waals surface area contributed by atoms with Crippen molar-refractivity contribution in [3.8, 4) is 11.1 Å². The number of aliphatic hydroxyl groups excluding tert-OH is 1. The number of hydrogen-bond acceptors (Lipinski definition) is 5. The first-order valence-corrected chi connectivity index (χ1v) is 15.2. The SMILES string of the molecule is CNC(=O)NCc1cc(CNC(=O)[C@@H](Cc2c[nH]c3ccccc23)NC(=O)CC(C)(C)NC[C@@H](C)O)ccc1-c1ccccc1. The molecule has 4 rings (SSSR count). The normalized spacial score (nSPS) is 12.7. The summed E-state index contributed by atoms with van der Waals surface area (Å²) in [6.45, 7) is 6.36. The van der Waals surface area contributed by atoms with Crippen molar-refractivity contribution in [2.45, 2.75) is 64.4 Å². The van der Waals surface area contributed by atoms with Crippen LogP contribution in [-0.2, 0) is 29.1 Å². The molecule has 10 nitrogen and oxygen atoms in total. The predicted octanol–water partition coefficient (Wildman–Crippen LogP) is 3.75. The molecule has 238 valence electrons. The van der Waals surface area contributed by atoms with Crippen LogP contribution in [0, 0.1) is 0 Å². The summed E-state index contributed by atoms with van der Waals surface area (Å²) in [5.74, 6) is -0.576. The second kappa shape index (κ2) is 15.4. The lowest BCUT2D eigenvalue weighted by atomic mass is 9.97. The number of carbonyl (C=O) groups is 3. The van der Waals surface area contributed by atoms with Crippen LogP contribution in [0.25, 0.3) is 22.0 Å². The molecule has 0 bridgehead atoms. The zero-order valence-corrected chi connectivity index (χ0v) is 26.4. The molecule has 4 amide bonds. The summed E-state index contributed by atoms with van der Waals surface area (Å²) in [4.78, 5) is 42.1. The molecule has 10 heteroatoms. The van der Waals surface area contributed by atoms with Crippen molar-refractivity contribution in [3.05, 3.63) is 95.7 Å². The molecule has 3 aromatic carbocycles. The Hall–Kier alpha value is -4.67. The number of H-pyrrole nitrogens is 1. The van der Waals surface area contributed by atoms with Crippen molar-refractivity contribution in [2.24, 2.45) is 0 Å². The topological polar surface area (TPSA) is 147 Å². The van der Waals surface area contributed by atoms with E-state index in [1.807, 2.05) is 92.8 Å². The lowest BCUT2D eigenvalue weighted by Crippen LogP contribution is -2.51. The molecule has 0 saturated carbocycles. The first kappa shape index (κ1) is 33.2. The molecule has 7 N–H and O–H groups in total. The van der Waals surface area contributed by atoms with Gasteiger partial charge in [-0.05, 0) is 54.7 Å². The van der Waals surface area contributed by atoms with Crippen molar-refractivity contribution in [2.75, 3.05) is 13.6 Å². The van der Waals surface area contributed by atoms with Gasteiger partial charge in [0.2, 0.25) is 11.8 Å². The Bertz CT molecular complexity index is 1600. The summed E-state index contributed by atoms with van der Waals surface area (Å²) in [5, 5.41) is 25.3. The number of aliphatic hydroxyl groups is 1. The van der Waals surface area contributed by atoms with E-state index in [0.29, 0.717) is 19.5 Å². The van der Waals surface area contributed by atoms with E-state index in [0.717, 1.165) is 38.7 Å². The average Bonchev–Trinajstić information content (AvgIpc) is 3.44. The van der Waals surface area contributed by atoms with Crippen LogP contribution in [0.1, 0.15) is 43.9 Å². The molecule has 0 aliphatic heterocycles. The third-order valence-corrected chi connectivity index (χ3v) is 7.62. The first-order chi connectivity index (χ1) is 21.5. The van der Waals surface area contributed by atoms with Crippen molar-refractivity contribution in [1.82, 2.24) is 31.6 Å². The fraction of sp³-hybridized carbons (Fsp3) is 0.343. The van der Waals surface area contributed by atoms with Gasteiger partial charge in [0, 0.05) is 62.2 Å². The van der Waals surface area contributed by atoms with E-state index < -0.39 is 17.7 Å². The molecule has 45 heavy (non-hydrogen) atoms. The highest BCUT2D eigenvalue weighted by molar-refractivity contribution is 5.90. The Labute approximate surface area is 264 Å². The number of amides is 4. The van der Waals surface area contributed by atoms with Crippen molar-refractivity contribution >= 4 is 28.7 Å². The summed E-state index contributed by atoms with van der Waals surface area (Å²) >= 11 is 0. The number of urea groups is 1. The smallest absolute Gasteiger partial charge is 0.314 e. The van der Waals surface area contributed by atoms with Crippen LogP contribution in [-0.4, -0.2) is 59.2 Å². The number of benzene rings is 3. The quantitative estimate of drug-likeness (QED) is 0.116. The second-order valence-corrected chi connectivity index (χ2v) is 12.0. The van der Waals surface area contributed by atoms with Gasteiger partial charge in [-0.15, -0.1) is 0 Å². The number of carbonyl (C=O) groups excluding carboxylic acids is 3. The van der Waals surface area contributed by atoms with Crippen LogP contribution in [0.2, 0.25) is 0 Å². The van der Waals surface area contributed by atoms with E-state index in [-0.39, 0.29) is 30.8 Å². The minimum atomic E-state index is -0.817. The summed E-state index contributed by atoms with van der Waals surface area (Å²) in [7, 11) is 1.57. The highest BCUT2D eigenvalue weighted by atomic mass is 16.3. The lowest BCUT2D eigenvalue weighted by Gasteiger charge is -2.28. The predicted molar refractivity (Wildman–Crippen MR) is 177 cm³/mol. The number of fused-ring (bicyclic) bond motifs is 1. The zero-order chi connectivity index (χ0) is 32.4. The maximum atomic E-state index is 13.7. The molecule has 1 aromatic heterocycles. The number of hydrogen-bond donors (Lipinski definition) is 7. The Balaban J connectivity index is 1.51. The van der Waals surface area contributed by atoms with Gasteiger partial charge in [-0.3, -0.25) is 9.59 Å². The van der Waals surface area contributed by atoms with Crippen LogP contribution in [0.15, 0.2) is 79.0 Å². The Morgan fingerprint density at radius 1 is 0.911 bits per heavy atom. The number of β-amino-alcohol motifs (C(OH)–C–C–N with tert-alkyl or cyclic N) is 1. The molecule has 0 unspecified atom stereocenters. The number of nitrogens with one attached hydrogen (secondary N) is 6. The van der Waals surface area contributed by atoms with Crippen molar-refractivity contribution < 1.29 is 19.5 Å². The van der Waals surface area contributed by atoms with Crippen LogP contribution in [0.5, 0.6) is 0 Å². The Morgan fingerprint density at radius 2 is 1.64 bits per heavy atom. The van der Waals surface area contributed by atoms with Crippen LogP contribution >= 0.6 is 0 Å². The molecule has 2 atom stereocenters. The summed E-state index contributed by atoms with van der Waals surface area (Å²) in [5.41, 5.74) is 5.07. The largest absolute Gasteiger partial charge is 0.392 e. The number of aromatic amines is 1. The van der Waals surface area contributed by atoms with E-state index in [1.54, 1.807) is 14.0 Å². The summed E-state index contributed by atoms with van der Waals surface area (Å²) in [6.07, 6.45) is 1.76. The van der Waals surface area contributed by atoms with Crippen LogP contribution < -0.4 is 26.6 Å². The first-order valence-electron chi connectivity index (χ1n) is 15.2. The number of para-hydroxylation sites is 1. The molecular weight excluding hydrogens is 568 g/mol. The summed E-state index contributed by atoms with van der Waals surface area (Å²) in [6, 6.07) is 22.6. The number of aromatic nitrogens is 1. The molecule has 0 saturated heterocycles. The number of rotatable bonds is 14. The van der Waals surface area contributed by atoms with Gasteiger partial charge in [-0.25, -0.2) is 4.79 Å². The lowest BCUT2D eigenvalue weighted by molar-refractivity contribution is -0.129. The van der Waals surface area contributed by atoms with Gasteiger partial charge < -0.3 is 36.7 Å². The van der Waals surface area contributed by atoms with Gasteiger partial charge in [0.05, 0.1) is 6.10 Å². The second-order valence-electron chi connectivity index (χ2n) is 12.0. The van der Waals surface area contributed by atoms with E-state index in [9.17, 15) is 19.5 Å². The maximum Gasteiger partial charge on any atom is 0.314 e. The van der Waals surface area contributed by atoms with E-state index in [4.69, 9.17) is 0 Å². The van der Waals surface area contributed by atoms with E-state index in [1.165, 1.54) is 0 Å². The maximum absolute atomic E-state index is 13.7. The van der Waals surface area contributed by atoms with Gasteiger partial charge in [-0.2, -0.15) is 0 Å². The van der Waals surface area contributed by atoms with Gasteiger partial charge in [0.25, 0.3) is 0 Å². The third kappa shape index (κ3) is 9.66. The van der Waals surface area contributed by atoms with Crippen molar-refractivity contribution in [1.29, 1.82) is 0 Å². The van der Waals surface area contributed by atoms with Gasteiger partial charge in [0.15, 0.2) is 0 Å². The molecule has 0 spiro atoms. The molecule has 4 aromatic rings. The molecular formula is C35H44N6O4. The van der Waals surface area contributed by atoms with Crippen LogP contribution in [0.4, 0.5) is 4.79 Å². The van der Waals surface area contributed by atoms with E-state index in [2.05, 4.69) is 31.6 Å². The van der Waals surface area contributed by atoms with Crippen LogP contribution in [0.3, 0.4) is 0 Å². The third-order valence-electron chi connectivity index (χ3n) is 7.62. The van der Waals surface area contributed by atoms with Gasteiger partial charge in [-0.1, -0.05) is 66.7 Å². The van der Waals surface area contributed by atoms with Crippen molar-refractivity contribution in [3.63, 3.8) is 0 Å². The fourth-order valence-corrected chi connectivity index (χ4v) is 5.24. The molecule has 0 aliphatic rings. The van der Waals surface area contributed by atoms with Gasteiger partial charge in [0.1, 0.15) is 6.04 Å². The average molecular weight is 613 g/mol. The highest BCUT2D eigenvalue weighted by Gasteiger charge is 2.27. The molecule has 0 radical (unpaired) electrons. The van der Waals surface area contributed by atoms with E-state index >= 15 is 0 Å². The summed E-state index contributed by atoms with van der Waals surface area (Å²) < 4.78 is 0. The minimum Gasteiger partial charge on any atom is -0.392 e. The zero-order valence-electron chi connectivity index (χ0n) is 26.4. The Kier molecular flexibility index (Phi) is 11.3. The molecule has 0 aliphatic carbocycles. The molecule has 1 heterocycles. The van der Waals surface area contributed by atoms with Gasteiger partial charge >= 0.3 is 6.03 Å². The minimum absolute atomic E-state index is 0.125. The monoisotopic (exact) mass is 612 g/mol. The highest BCUT2D eigenvalue weighted by Crippen LogP contribution is 2.25. The standard InChI is InChI=1S/C35H44N6O4/c1-23(42)19-40-35(2,3)18-32(43)41-31(17-27-21-37-30-13-9-8-12-29(27)30)33(44)38-20-24-14-15-28(25-10-6-5-7-11-25)26(16-24)22-39-34(45)36-4/h5-16,21,23,31,37,40,42H,17-20,22H2,1-4H3,(H,38,44)(H,41,43)(H2,36,39,45)/t23-,31-/m1/s1.